The van der Waals surface area contributed by atoms with E-state index < -0.39 is 0 Å². The number of rotatable bonds is 5. The lowest BCUT2D eigenvalue weighted by atomic mass is 10.1. The molecule has 2 aromatic heterocycles. The lowest BCUT2D eigenvalue weighted by Gasteiger charge is -2.20. The van der Waals surface area contributed by atoms with Crippen molar-refractivity contribution < 1.29 is 14.0 Å². The van der Waals surface area contributed by atoms with Gasteiger partial charge in [-0.15, -0.1) is 0 Å². The van der Waals surface area contributed by atoms with Crippen LogP contribution >= 0.6 is 0 Å². The molecule has 0 saturated heterocycles. The molecule has 0 aliphatic rings. The maximum atomic E-state index is 13.2. The van der Waals surface area contributed by atoms with Gasteiger partial charge in [-0.2, -0.15) is 0 Å². The molecule has 0 saturated carbocycles. The molecule has 4 aromatic rings. The topological polar surface area (TPSA) is 55.5 Å². The Morgan fingerprint density at radius 3 is 2.43 bits per heavy atom. The fourth-order valence-electron chi connectivity index (χ4n) is 3.39. The summed E-state index contributed by atoms with van der Waals surface area (Å²) in [6.07, 6.45) is 3.49. The van der Waals surface area contributed by atoms with Crippen molar-refractivity contribution in [2.75, 3.05) is 4.90 Å². The zero-order chi connectivity index (χ0) is 19.5. The van der Waals surface area contributed by atoms with E-state index in [-0.39, 0.29) is 18.2 Å². The van der Waals surface area contributed by atoms with Gasteiger partial charge in [-0.05, 0) is 23.3 Å². The number of carbonyl (C=O) groups is 2. The van der Waals surface area contributed by atoms with Crippen LogP contribution in [0.1, 0.15) is 22.8 Å². The fourth-order valence-corrected chi connectivity index (χ4v) is 3.39. The molecule has 140 valence electrons. The Labute approximate surface area is 162 Å². The quantitative estimate of drug-likeness (QED) is 0.511. The van der Waals surface area contributed by atoms with Gasteiger partial charge in [-0.3, -0.25) is 19.1 Å². The minimum atomic E-state index is -0.0924. The molecule has 0 bridgehead atoms. The Morgan fingerprint density at radius 2 is 1.71 bits per heavy atom. The van der Waals surface area contributed by atoms with E-state index in [2.05, 4.69) is 0 Å². The summed E-state index contributed by atoms with van der Waals surface area (Å²) in [5.74, 6) is 0.330. The molecule has 0 aliphatic heterocycles. The number of nitrogens with zero attached hydrogens (tertiary/aromatic N) is 2. The van der Waals surface area contributed by atoms with Crippen LogP contribution in [0.2, 0.25) is 0 Å². The maximum Gasteiger partial charge on any atom is 0.234 e. The summed E-state index contributed by atoms with van der Waals surface area (Å²) in [5, 5.41) is 0.908. The van der Waals surface area contributed by atoms with Crippen molar-refractivity contribution in [1.82, 2.24) is 4.57 Å². The van der Waals surface area contributed by atoms with Crippen LogP contribution in [0, 0.1) is 0 Å². The van der Waals surface area contributed by atoms with E-state index >= 15 is 0 Å². The van der Waals surface area contributed by atoms with Gasteiger partial charge in [0.15, 0.2) is 0 Å². The Kier molecular flexibility index (Phi) is 4.81. The van der Waals surface area contributed by atoms with Crippen molar-refractivity contribution in [2.45, 2.75) is 19.9 Å². The molecule has 2 aromatic carbocycles. The third-order valence-electron chi connectivity index (χ3n) is 4.73. The second-order valence-corrected chi connectivity index (χ2v) is 6.65. The molecule has 4 rings (SSSR count). The van der Waals surface area contributed by atoms with Crippen molar-refractivity contribution in [3.8, 4) is 0 Å². The highest BCUT2D eigenvalue weighted by molar-refractivity contribution is 5.99. The lowest BCUT2D eigenvalue weighted by molar-refractivity contribution is -0.118. The van der Waals surface area contributed by atoms with Gasteiger partial charge in [0, 0.05) is 24.6 Å². The summed E-state index contributed by atoms with van der Waals surface area (Å²) < 4.78 is 7.09. The molecular weight excluding hydrogens is 352 g/mol. The van der Waals surface area contributed by atoms with Crippen molar-refractivity contribution in [3.63, 3.8) is 0 Å². The number of para-hydroxylation sites is 1. The van der Waals surface area contributed by atoms with Gasteiger partial charge < -0.3 is 4.42 Å². The van der Waals surface area contributed by atoms with E-state index in [1.54, 1.807) is 34.1 Å². The van der Waals surface area contributed by atoms with E-state index in [9.17, 15) is 9.59 Å². The molecule has 0 radical (unpaired) electrons. The van der Waals surface area contributed by atoms with Gasteiger partial charge in [0.05, 0.1) is 24.7 Å². The summed E-state index contributed by atoms with van der Waals surface area (Å²) in [4.78, 5) is 26.8. The average molecular weight is 372 g/mol. The Morgan fingerprint density at radius 1 is 0.964 bits per heavy atom. The monoisotopic (exact) mass is 372 g/mol. The molecule has 28 heavy (non-hydrogen) atoms. The predicted molar refractivity (Wildman–Crippen MR) is 108 cm³/mol. The van der Waals surface area contributed by atoms with Crippen LogP contribution in [0.25, 0.3) is 10.9 Å². The number of aromatic nitrogens is 1. The third-order valence-corrected chi connectivity index (χ3v) is 4.73. The van der Waals surface area contributed by atoms with Gasteiger partial charge in [0.2, 0.25) is 17.7 Å². The number of anilines is 1. The number of amides is 1. The second kappa shape index (κ2) is 7.56. The van der Waals surface area contributed by atoms with Crippen LogP contribution in [0.5, 0.6) is 0 Å². The number of hydrogen-bond acceptors (Lipinski definition) is 3. The predicted octanol–water partition coefficient (Wildman–Crippen LogP) is 4.67. The SMILES string of the molecule is CC(=O)n1cc(CC(=O)N(Cc2ccccc2)c2ccco2)c2ccccc21. The molecule has 5 heteroatoms. The van der Waals surface area contributed by atoms with Crippen LogP contribution in [0.4, 0.5) is 5.88 Å². The molecule has 0 fully saturated rings. The second-order valence-electron chi connectivity index (χ2n) is 6.65. The number of benzene rings is 2. The van der Waals surface area contributed by atoms with E-state index in [4.69, 9.17) is 4.42 Å². The number of hydrogen-bond donors (Lipinski definition) is 0. The first-order valence-corrected chi connectivity index (χ1v) is 9.11. The standard InChI is InChI=1S/C23H20N2O3/c1-17(26)24-16-19(20-10-5-6-11-21(20)24)14-22(27)25(23-12-7-13-28-23)15-18-8-3-2-4-9-18/h2-13,16H,14-15H2,1H3. The van der Waals surface area contributed by atoms with Crippen molar-refractivity contribution >= 4 is 28.6 Å². The summed E-state index contributed by atoms with van der Waals surface area (Å²) in [7, 11) is 0. The molecule has 1 amide bonds. The first-order valence-electron chi connectivity index (χ1n) is 9.11. The van der Waals surface area contributed by atoms with Gasteiger partial charge in [-0.25, -0.2) is 0 Å². The highest BCUT2D eigenvalue weighted by Gasteiger charge is 2.21. The zero-order valence-corrected chi connectivity index (χ0v) is 15.5. The largest absolute Gasteiger partial charge is 0.448 e. The fraction of sp³-hybridized carbons (Fsp3) is 0.130. The first-order chi connectivity index (χ1) is 13.6. The first kappa shape index (κ1) is 17.8. The van der Waals surface area contributed by atoms with E-state index in [0.29, 0.717) is 12.4 Å². The van der Waals surface area contributed by atoms with E-state index in [1.807, 2.05) is 54.6 Å². The van der Waals surface area contributed by atoms with Crippen molar-refractivity contribution in [2.24, 2.45) is 0 Å². The van der Waals surface area contributed by atoms with Crippen LogP contribution in [-0.2, 0) is 17.8 Å². The summed E-state index contributed by atoms with van der Waals surface area (Å²) in [5.41, 5.74) is 2.64. The zero-order valence-electron chi connectivity index (χ0n) is 15.5. The number of furan rings is 1. The third kappa shape index (κ3) is 3.47. The summed E-state index contributed by atoms with van der Waals surface area (Å²) >= 11 is 0. The molecule has 0 unspecified atom stereocenters. The number of fused-ring (bicyclic) bond motifs is 1. The van der Waals surface area contributed by atoms with E-state index in [0.717, 1.165) is 22.0 Å². The lowest BCUT2D eigenvalue weighted by Crippen LogP contribution is -2.31. The van der Waals surface area contributed by atoms with Gasteiger partial charge in [-0.1, -0.05) is 48.5 Å². The molecule has 0 spiro atoms. The van der Waals surface area contributed by atoms with Gasteiger partial charge in [0.25, 0.3) is 0 Å². The normalized spacial score (nSPS) is 10.9. The molecular formula is C23H20N2O3. The minimum Gasteiger partial charge on any atom is -0.448 e. The smallest absolute Gasteiger partial charge is 0.234 e. The van der Waals surface area contributed by atoms with Crippen LogP contribution < -0.4 is 4.90 Å². The molecule has 0 atom stereocenters. The Balaban J connectivity index is 1.67. The van der Waals surface area contributed by atoms with Gasteiger partial charge >= 0.3 is 0 Å². The Bertz CT molecular complexity index is 1110. The molecule has 0 N–H and O–H groups in total. The molecule has 0 aliphatic carbocycles. The summed E-state index contributed by atoms with van der Waals surface area (Å²) in [6, 6.07) is 21.0. The van der Waals surface area contributed by atoms with Crippen molar-refractivity contribution in [1.29, 1.82) is 0 Å². The Hall–Kier alpha value is -3.60. The highest BCUT2D eigenvalue weighted by atomic mass is 16.3. The molecule has 5 nitrogen and oxygen atoms in total. The van der Waals surface area contributed by atoms with Crippen LogP contribution in [-0.4, -0.2) is 16.4 Å². The molecule has 2 heterocycles. The van der Waals surface area contributed by atoms with Crippen LogP contribution in [0.15, 0.2) is 83.6 Å². The maximum absolute atomic E-state index is 13.2. The van der Waals surface area contributed by atoms with E-state index in [1.165, 1.54) is 6.92 Å². The highest BCUT2D eigenvalue weighted by Crippen LogP contribution is 2.24. The van der Waals surface area contributed by atoms with Crippen LogP contribution in [0.3, 0.4) is 0 Å². The average Bonchev–Trinajstić information content (AvgIpc) is 3.35. The minimum absolute atomic E-state index is 0.0814. The number of carbonyl (C=O) groups excluding carboxylic acids is 2. The summed E-state index contributed by atoms with van der Waals surface area (Å²) in [6.45, 7) is 1.93. The van der Waals surface area contributed by atoms with Crippen molar-refractivity contribution in [3.05, 3.63) is 90.3 Å². The van der Waals surface area contributed by atoms with Gasteiger partial charge in [0.1, 0.15) is 0 Å².